The van der Waals surface area contributed by atoms with E-state index in [0.29, 0.717) is 5.56 Å². The molecule has 0 radical (unpaired) electrons. The number of primary amides is 1. The van der Waals surface area contributed by atoms with Gasteiger partial charge in [-0.15, -0.1) is 0 Å². The number of carbonyl (C=O) groups is 1. The van der Waals surface area contributed by atoms with E-state index in [-0.39, 0.29) is 11.9 Å². The quantitative estimate of drug-likeness (QED) is 0.762. The second-order valence-corrected chi connectivity index (χ2v) is 3.56. The van der Waals surface area contributed by atoms with Crippen molar-refractivity contribution in [1.82, 2.24) is 0 Å². The van der Waals surface area contributed by atoms with Gasteiger partial charge in [0, 0.05) is 12.2 Å². The van der Waals surface area contributed by atoms with Crippen molar-refractivity contribution in [3.05, 3.63) is 29.8 Å². The van der Waals surface area contributed by atoms with Crippen LogP contribution in [0.5, 0.6) is 0 Å². The summed E-state index contributed by atoms with van der Waals surface area (Å²) in [5, 5.41) is 8.64. The standard InChI is InChI=1S/C11H11N3O/c12-7-8-1-3-9(4-2-8)14-6-5-10(14)11(13)15/h1-4,10H,5-6H2,(H2,13,15). The van der Waals surface area contributed by atoms with Gasteiger partial charge in [-0.1, -0.05) is 0 Å². The van der Waals surface area contributed by atoms with E-state index in [1.54, 1.807) is 12.1 Å². The summed E-state index contributed by atoms with van der Waals surface area (Å²) >= 11 is 0. The molecule has 1 aliphatic heterocycles. The summed E-state index contributed by atoms with van der Waals surface area (Å²) in [6.45, 7) is 0.847. The maximum atomic E-state index is 11.0. The maximum Gasteiger partial charge on any atom is 0.240 e. The number of nitrogens with two attached hydrogens (primary N) is 1. The molecule has 15 heavy (non-hydrogen) atoms. The van der Waals surface area contributed by atoms with E-state index in [1.165, 1.54) is 0 Å². The molecule has 76 valence electrons. The molecule has 0 spiro atoms. The van der Waals surface area contributed by atoms with Crippen molar-refractivity contribution in [2.75, 3.05) is 11.4 Å². The van der Waals surface area contributed by atoms with E-state index in [2.05, 4.69) is 6.07 Å². The zero-order valence-corrected chi connectivity index (χ0v) is 8.18. The third-order valence-electron chi connectivity index (χ3n) is 2.68. The van der Waals surface area contributed by atoms with Crippen LogP contribution in [0.25, 0.3) is 0 Å². The molecule has 4 heteroatoms. The third kappa shape index (κ3) is 1.64. The van der Waals surface area contributed by atoms with E-state index >= 15 is 0 Å². The fourth-order valence-corrected chi connectivity index (χ4v) is 1.72. The predicted molar refractivity (Wildman–Crippen MR) is 56.1 cm³/mol. The number of nitriles is 1. The number of hydrogen-bond acceptors (Lipinski definition) is 3. The fourth-order valence-electron chi connectivity index (χ4n) is 1.72. The molecule has 1 unspecified atom stereocenters. The molecule has 1 saturated heterocycles. The number of rotatable bonds is 2. The van der Waals surface area contributed by atoms with E-state index in [0.717, 1.165) is 18.7 Å². The molecule has 1 fully saturated rings. The molecule has 0 aromatic heterocycles. The lowest BCUT2D eigenvalue weighted by molar-refractivity contribution is -0.120. The van der Waals surface area contributed by atoms with Gasteiger partial charge in [-0.25, -0.2) is 0 Å². The van der Waals surface area contributed by atoms with Crippen LogP contribution in [0, 0.1) is 11.3 Å². The first-order valence-corrected chi connectivity index (χ1v) is 4.78. The van der Waals surface area contributed by atoms with Gasteiger partial charge >= 0.3 is 0 Å². The molecule has 1 atom stereocenters. The van der Waals surface area contributed by atoms with Crippen LogP contribution in [0.3, 0.4) is 0 Å². The molecular weight excluding hydrogens is 190 g/mol. The molecule has 1 aliphatic rings. The molecular formula is C11H11N3O. The Balaban J connectivity index is 2.17. The summed E-state index contributed by atoms with van der Waals surface area (Å²) in [4.78, 5) is 13.0. The Kier molecular flexibility index (Phi) is 2.30. The van der Waals surface area contributed by atoms with E-state index < -0.39 is 0 Å². The van der Waals surface area contributed by atoms with Gasteiger partial charge in [0.05, 0.1) is 11.6 Å². The highest BCUT2D eigenvalue weighted by Gasteiger charge is 2.32. The lowest BCUT2D eigenvalue weighted by Gasteiger charge is -2.40. The Morgan fingerprint density at radius 1 is 1.47 bits per heavy atom. The molecule has 2 rings (SSSR count). The number of nitrogens with zero attached hydrogens (tertiary/aromatic N) is 2. The first-order chi connectivity index (χ1) is 7.22. The first-order valence-electron chi connectivity index (χ1n) is 4.78. The van der Waals surface area contributed by atoms with E-state index in [9.17, 15) is 4.79 Å². The molecule has 0 bridgehead atoms. The van der Waals surface area contributed by atoms with Crippen LogP contribution in [-0.4, -0.2) is 18.5 Å². The molecule has 4 nitrogen and oxygen atoms in total. The molecule has 1 aromatic carbocycles. The molecule has 1 amide bonds. The topological polar surface area (TPSA) is 70.1 Å². The van der Waals surface area contributed by atoms with Crippen LogP contribution in [-0.2, 0) is 4.79 Å². The minimum Gasteiger partial charge on any atom is -0.368 e. The number of carbonyl (C=O) groups excluding carboxylic acids is 1. The summed E-state index contributed by atoms with van der Waals surface area (Å²) < 4.78 is 0. The van der Waals surface area contributed by atoms with Gasteiger partial charge in [-0.05, 0) is 30.7 Å². The normalized spacial score (nSPS) is 19.1. The largest absolute Gasteiger partial charge is 0.368 e. The molecule has 0 aliphatic carbocycles. The maximum absolute atomic E-state index is 11.0. The van der Waals surface area contributed by atoms with Crippen molar-refractivity contribution in [3.63, 3.8) is 0 Å². The van der Waals surface area contributed by atoms with Crippen molar-refractivity contribution >= 4 is 11.6 Å². The van der Waals surface area contributed by atoms with Gasteiger partial charge in [0.25, 0.3) is 0 Å². The fraction of sp³-hybridized carbons (Fsp3) is 0.273. The van der Waals surface area contributed by atoms with Crippen molar-refractivity contribution in [3.8, 4) is 6.07 Å². The molecule has 1 aromatic rings. The highest BCUT2D eigenvalue weighted by Crippen LogP contribution is 2.26. The highest BCUT2D eigenvalue weighted by atomic mass is 16.1. The summed E-state index contributed by atoms with van der Waals surface area (Å²) in [7, 11) is 0. The van der Waals surface area contributed by atoms with E-state index in [1.807, 2.05) is 17.0 Å². The smallest absolute Gasteiger partial charge is 0.240 e. The second-order valence-electron chi connectivity index (χ2n) is 3.56. The van der Waals surface area contributed by atoms with Gasteiger partial charge in [0.15, 0.2) is 0 Å². The van der Waals surface area contributed by atoms with Gasteiger partial charge in [0.1, 0.15) is 6.04 Å². The van der Waals surface area contributed by atoms with Crippen LogP contribution in [0.1, 0.15) is 12.0 Å². The minimum atomic E-state index is -0.286. The lowest BCUT2D eigenvalue weighted by Crippen LogP contribution is -2.55. The van der Waals surface area contributed by atoms with Crippen LogP contribution in [0.2, 0.25) is 0 Å². The number of anilines is 1. The van der Waals surface area contributed by atoms with Gasteiger partial charge in [-0.2, -0.15) is 5.26 Å². The zero-order valence-electron chi connectivity index (χ0n) is 8.18. The van der Waals surface area contributed by atoms with Crippen molar-refractivity contribution in [1.29, 1.82) is 5.26 Å². The lowest BCUT2D eigenvalue weighted by atomic mass is 10.0. The van der Waals surface area contributed by atoms with Crippen LogP contribution >= 0.6 is 0 Å². The number of benzene rings is 1. The Labute approximate surface area is 87.9 Å². The molecule has 0 saturated carbocycles. The number of amides is 1. The molecule has 2 N–H and O–H groups in total. The first kappa shape index (κ1) is 9.53. The van der Waals surface area contributed by atoms with Crippen molar-refractivity contribution in [2.24, 2.45) is 5.73 Å². The summed E-state index contributed by atoms with van der Waals surface area (Å²) in [6, 6.07) is 9.04. The zero-order chi connectivity index (χ0) is 10.8. The van der Waals surface area contributed by atoms with Crippen molar-refractivity contribution < 1.29 is 4.79 Å². The Morgan fingerprint density at radius 2 is 2.13 bits per heavy atom. The number of hydrogen-bond donors (Lipinski definition) is 1. The van der Waals surface area contributed by atoms with Crippen molar-refractivity contribution in [2.45, 2.75) is 12.5 Å². The monoisotopic (exact) mass is 201 g/mol. The highest BCUT2D eigenvalue weighted by molar-refractivity contribution is 5.85. The van der Waals surface area contributed by atoms with Gasteiger partial charge in [0.2, 0.25) is 5.91 Å². The third-order valence-corrected chi connectivity index (χ3v) is 2.68. The summed E-state index contributed by atoms with van der Waals surface area (Å²) in [6.07, 6.45) is 0.815. The SMILES string of the molecule is N#Cc1ccc(N2CCC2C(N)=O)cc1. The Bertz CT molecular complexity index is 418. The Hall–Kier alpha value is -2.02. The Morgan fingerprint density at radius 3 is 2.53 bits per heavy atom. The van der Waals surface area contributed by atoms with E-state index in [4.69, 9.17) is 11.0 Å². The summed E-state index contributed by atoms with van der Waals surface area (Å²) in [5.41, 5.74) is 6.82. The minimum absolute atomic E-state index is 0.182. The van der Waals surface area contributed by atoms with Crippen LogP contribution in [0.4, 0.5) is 5.69 Å². The van der Waals surface area contributed by atoms with Gasteiger partial charge in [-0.3, -0.25) is 4.79 Å². The second kappa shape index (κ2) is 3.62. The predicted octanol–water partition coefficient (Wildman–Crippen LogP) is 0.622. The summed E-state index contributed by atoms with van der Waals surface area (Å²) in [5.74, 6) is -0.286. The van der Waals surface area contributed by atoms with Crippen LogP contribution < -0.4 is 10.6 Å². The average molecular weight is 201 g/mol. The van der Waals surface area contributed by atoms with Crippen LogP contribution in [0.15, 0.2) is 24.3 Å². The van der Waals surface area contributed by atoms with Gasteiger partial charge < -0.3 is 10.6 Å². The molecule has 1 heterocycles. The average Bonchev–Trinajstić information content (AvgIpc) is 2.16.